The number of phenols is 1. The van der Waals surface area contributed by atoms with E-state index in [1.165, 1.54) is 5.56 Å². The van der Waals surface area contributed by atoms with Crippen LogP contribution in [0.1, 0.15) is 110 Å². The van der Waals surface area contributed by atoms with E-state index in [9.17, 15) is 5.11 Å². The van der Waals surface area contributed by atoms with Gasteiger partial charge in [0.1, 0.15) is 11.6 Å². The Balaban J connectivity index is 0.00000625. The van der Waals surface area contributed by atoms with Crippen LogP contribution in [0.25, 0.3) is 83.9 Å². The molecular formula is C61H58N3OPt-. The molecule has 0 saturated carbocycles. The number of benzene rings is 7. The minimum absolute atomic E-state index is 0. The molecule has 4 nitrogen and oxygen atoms in total. The van der Waals surface area contributed by atoms with E-state index in [1.807, 2.05) is 58.2 Å². The van der Waals surface area contributed by atoms with Gasteiger partial charge in [0.05, 0.1) is 16.6 Å². The van der Waals surface area contributed by atoms with Crippen molar-refractivity contribution >= 4 is 11.0 Å². The van der Waals surface area contributed by atoms with Gasteiger partial charge in [-0.3, -0.25) is 9.55 Å². The van der Waals surface area contributed by atoms with E-state index in [-0.39, 0.29) is 38.7 Å². The molecule has 0 atom stereocenters. The maximum Gasteiger partial charge on any atom is 0.148 e. The van der Waals surface area contributed by atoms with Crippen molar-refractivity contribution in [2.45, 2.75) is 85.9 Å². The van der Waals surface area contributed by atoms with Gasteiger partial charge in [-0.25, -0.2) is 4.98 Å². The monoisotopic (exact) mass is 1050 g/mol. The van der Waals surface area contributed by atoms with E-state index >= 15 is 0 Å². The Hall–Kier alpha value is -6.35. The predicted molar refractivity (Wildman–Crippen MR) is 273 cm³/mol. The number of hydrogen-bond acceptors (Lipinski definition) is 3. The number of aromatic hydroxyl groups is 1. The molecule has 0 amide bonds. The van der Waals surface area contributed by atoms with Crippen LogP contribution in [0, 0.1) is 13.0 Å². The zero-order valence-electron chi connectivity index (χ0n) is 41.3. The van der Waals surface area contributed by atoms with Crippen LogP contribution in [0.3, 0.4) is 0 Å². The van der Waals surface area contributed by atoms with Crippen LogP contribution in [0.15, 0.2) is 158 Å². The van der Waals surface area contributed by atoms with Gasteiger partial charge in [0.2, 0.25) is 0 Å². The minimum Gasteiger partial charge on any atom is -0.507 e. The summed E-state index contributed by atoms with van der Waals surface area (Å²) in [7, 11) is 0. The average molecular weight is 1050 g/mol. The first-order valence-corrected chi connectivity index (χ1v) is 22.8. The minimum atomic E-state index is -0.888. The van der Waals surface area contributed by atoms with Crippen LogP contribution in [-0.2, 0) is 21.1 Å². The molecule has 0 radical (unpaired) electrons. The first-order chi connectivity index (χ1) is 32.0. The maximum atomic E-state index is 12.2. The number of phenolic OH excluding ortho intramolecular Hbond substituents is 1. The molecule has 0 bridgehead atoms. The smallest absolute Gasteiger partial charge is 0.148 e. The summed E-state index contributed by atoms with van der Waals surface area (Å²) < 4.78 is 20.4. The van der Waals surface area contributed by atoms with Crippen molar-refractivity contribution in [1.29, 1.82) is 0 Å². The molecule has 0 spiro atoms. The number of rotatable bonds is 11. The third kappa shape index (κ3) is 8.97. The molecule has 0 aliphatic carbocycles. The van der Waals surface area contributed by atoms with E-state index in [1.54, 1.807) is 0 Å². The van der Waals surface area contributed by atoms with Crippen molar-refractivity contribution in [3.05, 3.63) is 192 Å². The quantitative estimate of drug-likeness (QED) is 0.131. The van der Waals surface area contributed by atoms with Crippen LogP contribution in [0.2, 0.25) is 0 Å². The van der Waals surface area contributed by atoms with Gasteiger partial charge in [0, 0.05) is 41.4 Å². The first-order valence-electron chi connectivity index (χ1n) is 23.8. The van der Waals surface area contributed by atoms with Gasteiger partial charge in [-0.05, 0) is 111 Å². The van der Waals surface area contributed by atoms with Gasteiger partial charge in [-0.15, -0.1) is 23.8 Å². The van der Waals surface area contributed by atoms with Crippen molar-refractivity contribution in [1.82, 2.24) is 14.5 Å². The van der Waals surface area contributed by atoms with Gasteiger partial charge in [0.15, 0.2) is 0 Å². The fourth-order valence-electron chi connectivity index (χ4n) is 9.01. The van der Waals surface area contributed by atoms with Crippen LogP contribution < -0.4 is 0 Å². The van der Waals surface area contributed by atoms with E-state index in [0.717, 1.165) is 94.7 Å². The number of imidazole rings is 1. The SMILES string of the molecule is [2H]C(C)(C)c1cccc(C([2H])(C)C)c1-c1ccc(-n2c(-c3cc(C(C)C)cc(C(C)C)c3O)nc3c(-c4[c-]c(-c5cc(-c6ccc(C)cc6)ccn5)cc(-c5ccccc5)c4)cccc32)cc1.[Pt]. The predicted octanol–water partition coefficient (Wildman–Crippen LogP) is 16.7. The topological polar surface area (TPSA) is 50.9 Å². The fourth-order valence-corrected chi connectivity index (χ4v) is 9.01. The second-order valence-electron chi connectivity index (χ2n) is 18.4. The number of pyridine rings is 1. The number of nitrogens with zero attached hydrogens (tertiary/aromatic N) is 3. The van der Waals surface area contributed by atoms with Crippen molar-refractivity contribution in [2.24, 2.45) is 0 Å². The van der Waals surface area contributed by atoms with E-state index in [2.05, 4.69) is 173 Å². The Labute approximate surface area is 408 Å². The first kappa shape index (κ1) is 43.5. The van der Waals surface area contributed by atoms with Crippen molar-refractivity contribution in [3.63, 3.8) is 0 Å². The van der Waals surface area contributed by atoms with Gasteiger partial charge >= 0.3 is 0 Å². The zero-order valence-corrected chi connectivity index (χ0v) is 41.5. The van der Waals surface area contributed by atoms with E-state index in [0.29, 0.717) is 11.4 Å². The molecule has 7 aromatic carbocycles. The average Bonchev–Trinajstić information content (AvgIpc) is 3.71. The number of fused-ring (bicyclic) bond motifs is 1. The molecule has 334 valence electrons. The second-order valence-corrected chi connectivity index (χ2v) is 18.4. The summed E-state index contributed by atoms with van der Waals surface area (Å²) in [4.78, 5) is 10.5. The van der Waals surface area contributed by atoms with Gasteiger partial charge < -0.3 is 5.11 Å². The molecule has 0 aliphatic rings. The molecule has 0 fully saturated rings. The standard InChI is InChI=1S/C61H58N3O.Pt/c1-37(2)46-34-54(40(7)8)60(65)55(35-46)61-63-59-53(19-14-20-57(59)64(61)50-27-25-44(26-28-50)58-51(38(3)4)17-13-18-52(58)39(5)6)48-31-47(42-15-11-10-12-16-42)32-49(33-48)56-36-45(29-30-62-56)43-23-21-41(9)22-24-43;/h10-32,34-40,65H,1-9H3;/q-1;/i38D,39D;. The summed E-state index contributed by atoms with van der Waals surface area (Å²) in [6.07, 6.45) is 1.87. The third-order valence-electron chi connectivity index (χ3n) is 12.6. The Morgan fingerprint density at radius 2 is 1.20 bits per heavy atom. The van der Waals surface area contributed by atoms with Crippen LogP contribution in [-0.4, -0.2) is 19.6 Å². The Kier molecular flexibility index (Phi) is 12.7. The largest absolute Gasteiger partial charge is 0.507 e. The summed E-state index contributed by atoms with van der Waals surface area (Å²) in [5.41, 5.74) is 17.8. The molecule has 1 N–H and O–H groups in total. The van der Waals surface area contributed by atoms with Gasteiger partial charge in [-0.1, -0.05) is 187 Å². The van der Waals surface area contributed by atoms with Crippen molar-refractivity contribution < 1.29 is 28.9 Å². The van der Waals surface area contributed by atoms with Crippen molar-refractivity contribution in [3.8, 4) is 78.6 Å². The second kappa shape index (κ2) is 19.2. The number of aryl methyl sites for hydroxylation is 1. The number of para-hydroxylation sites is 1. The Bertz CT molecular complexity index is 3240. The maximum absolute atomic E-state index is 12.2. The molecule has 0 saturated heterocycles. The summed E-state index contributed by atoms with van der Waals surface area (Å²) in [5.74, 6) is -0.628. The molecule has 2 heterocycles. The fraction of sp³-hybridized carbons (Fsp3) is 0.213. The summed E-state index contributed by atoms with van der Waals surface area (Å²) in [6, 6.07) is 56.2. The molecule has 5 heteroatoms. The molecule has 0 aliphatic heterocycles. The number of hydrogen-bond donors (Lipinski definition) is 1. The summed E-state index contributed by atoms with van der Waals surface area (Å²) in [6.45, 7) is 18.3. The van der Waals surface area contributed by atoms with Gasteiger partial charge in [-0.2, -0.15) is 0 Å². The number of aromatic nitrogens is 3. The normalized spacial score (nSPS) is 12.3. The van der Waals surface area contributed by atoms with E-state index < -0.39 is 11.8 Å². The zero-order chi connectivity index (χ0) is 47.4. The van der Waals surface area contributed by atoms with Crippen LogP contribution in [0.5, 0.6) is 5.75 Å². The van der Waals surface area contributed by atoms with Crippen LogP contribution >= 0.6 is 0 Å². The van der Waals surface area contributed by atoms with Crippen molar-refractivity contribution in [2.75, 3.05) is 0 Å². The molecule has 2 aromatic heterocycles. The summed E-state index contributed by atoms with van der Waals surface area (Å²) >= 11 is 0. The summed E-state index contributed by atoms with van der Waals surface area (Å²) in [5, 5.41) is 12.2. The molecule has 9 rings (SSSR count). The Morgan fingerprint density at radius 1 is 0.561 bits per heavy atom. The molecular weight excluding hydrogens is 986 g/mol. The van der Waals surface area contributed by atoms with Gasteiger partial charge in [0.25, 0.3) is 0 Å². The molecule has 9 aromatic rings. The molecule has 0 unspecified atom stereocenters. The Morgan fingerprint density at radius 3 is 1.85 bits per heavy atom. The van der Waals surface area contributed by atoms with E-state index in [4.69, 9.17) is 12.7 Å². The van der Waals surface area contributed by atoms with Crippen LogP contribution in [0.4, 0.5) is 0 Å². The third-order valence-corrected chi connectivity index (χ3v) is 12.6. The molecule has 66 heavy (non-hydrogen) atoms.